The lowest BCUT2D eigenvalue weighted by atomic mass is 10.2. The van der Waals surface area contributed by atoms with Crippen LogP contribution in [0.1, 0.15) is 28.3 Å². The Morgan fingerprint density at radius 2 is 1.96 bits per heavy atom. The maximum atomic E-state index is 12.7. The van der Waals surface area contributed by atoms with Gasteiger partial charge in [-0.1, -0.05) is 18.2 Å². The minimum absolute atomic E-state index is 0.00337. The number of nitrogens with one attached hydrogen (secondary N) is 1. The number of likely N-dealkylation sites (tertiary alicyclic amines) is 1. The van der Waals surface area contributed by atoms with E-state index in [1.807, 2.05) is 55.1 Å². The quantitative estimate of drug-likeness (QED) is 0.798. The Bertz CT molecular complexity index is 881. The number of rotatable bonds is 3. The first-order valence-corrected chi connectivity index (χ1v) is 8.44. The molecule has 0 bridgehead atoms. The molecule has 25 heavy (non-hydrogen) atoms. The first kappa shape index (κ1) is 15.6. The monoisotopic (exact) mass is 336 g/mol. The van der Waals surface area contributed by atoms with Crippen molar-refractivity contribution in [2.75, 3.05) is 13.1 Å². The largest absolute Gasteiger partial charge is 0.458 e. The second kappa shape index (κ2) is 6.20. The van der Waals surface area contributed by atoms with Gasteiger partial charge < -0.3 is 14.6 Å². The standard InChI is InChI=1S/C19H20N4O2/c1-12-9-13(2)21-19(20-12)25-15-7-8-23(11-15)18(24)17-10-14-5-3-4-6-16(14)22-17/h3-6,9-10,15,22H,7-8,11H2,1-2H3/t15-/m1/s1. The van der Waals surface area contributed by atoms with Crippen LogP contribution in [-0.2, 0) is 0 Å². The van der Waals surface area contributed by atoms with Gasteiger partial charge in [0, 0.05) is 35.3 Å². The number of carbonyl (C=O) groups excluding carboxylic acids is 1. The summed E-state index contributed by atoms with van der Waals surface area (Å²) in [5.41, 5.74) is 3.35. The number of para-hydroxylation sites is 1. The highest BCUT2D eigenvalue weighted by Crippen LogP contribution is 2.20. The summed E-state index contributed by atoms with van der Waals surface area (Å²) in [5.74, 6) is 0.00337. The molecule has 1 amide bonds. The fourth-order valence-corrected chi connectivity index (χ4v) is 3.26. The van der Waals surface area contributed by atoms with E-state index >= 15 is 0 Å². The zero-order chi connectivity index (χ0) is 17.4. The molecule has 1 saturated heterocycles. The van der Waals surface area contributed by atoms with Gasteiger partial charge in [0.25, 0.3) is 5.91 Å². The van der Waals surface area contributed by atoms with E-state index in [9.17, 15) is 4.79 Å². The van der Waals surface area contributed by atoms with Crippen molar-refractivity contribution in [1.29, 1.82) is 0 Å². The number of ether oxygens (including phenoxy) is 1. The number of hydrogen-bond acceptors (Lipinski definition) is 4. The van der Waals surface area contributed by atoms with Gasteiger partial charge in [0.1, 0.15) is 11.8 Å². The topological polar surface area (TPSA) is 71.1 Å². The fraction of sp³-hybridized carbons (Fsp3) is 0.316. The van der Waals surface area contributed by atoms with Gasteiger partial charge in [0.05, 0.1) is 6.54 Å². The molecule has 1 N–H and O–H groups in total. The Hall–Kier alpha value is -2.89. The van der Waals surface area contributed by atoms with Crippen LogP contribution >= 0.6 is 0 Å². The average Bonchev–Trinajstić information content (AvgIpc) is 3.19. The molecular weight excluding hydrogens is 316 g/mol. The van der Waals surface area contributed by atoms with E-state index in [4.69, 9.17) is 4.74 Å². The summed E-state index contributed by atoms with van der Waals surface area (Å²) in [6.45, 7) is 5.05. The number of carbonyl (C=O) groups is 1. The van der Waals surface area contributed by atoms with Gasteiger partial charge in [0.15, 0.2) is 0 Å². The molecule has 0 aliphatic carbocycles. The maximum Gasteiger partial charge on any atom is 0.317 e. The number of hydrogen-bond donors (Lipinski definition) is 1. The predicted octanol–water partition coefficient (Wildman–Crippen LogP) is 2.87. The number of aryl methyl sites for hydroxylation is 2. The molecule has 0 saturated carbocycles. The molecule has 0 radical (unpaired) electrons. The van der Waals surface area contributed by atoms with Crippen LogP contribution in [0.3, 0.4) is 0 Å². The lowest BCUT2D eigenvalue weighted by Gasteiger charge is -2.16. The maximum absolute atomic E-state index is 12.7. The minimum Gasteiger partial charge on any atom is -0.458 e. The first-order valence-electron chi connectivity index (χ1n) is 8.44. The van der Waals surface area contributed by atoms with Gasteiger partial charge in [0.2, 0.25) is 0 Å². The molecule has 1 aliphatic heterocycles. The molecule has 0 spiro atoms. The zero-order valence-corrected chi connectivity index (χ0v) is 14.3. The van der Waals surface area contributed by atoms with E-state index in [1.54, 1.807) is 0 Å². The van der Waals surface area contributed by atoms with Crippen LogP contribution in [0.5, 0.6) is 6.01 Å². The lowest BCUT2D eigenvalue weighted by molar-refractivity contribution is 0.0764. The van der Waals surface area contributed by atoms with Crippen LogP contribution in [0.2, 0.25) is 0 Å². The summed E-state index contributed by atoms with van der Waals surface area (Å²) in [4.78, 5) is 26.4. The highest BCUT2D eigenvalue weighted by atomic mass is 16.5. The first-order chi connectivity index (χ1) is 12.1. The molecule has 1 aliphatic rings. The van der Waals surface area contributed by atoms with E-state index in [0.29, 0.717) is 24.8 Å². The molecule has 0 unspecified atom stereocenters. The van der Waals surface area contributed by atoms with Crippen molar-refractivity contribution in [2.24, 2.45) is 0 Å². The zero-order valence-electron chi connectivity index (χ0n) is 14.3. The number of nitrogens with zero attached hydrogens (tertiary/aromatic N) is 3. The normalized spacial score (nSPS) is 17.2. The summed E-state index contributed by atoms with van der Waals surface area (Å²) in [7, 11) is 0. The number of aromatic amines is 1. The van der Waals surface area contributed by atoms with E-state index in [1.165, 1.54) is 0 Å². The molecule has 4 rings (SSSR count). The number of benzene rings is 1. The van der Waals surface area contributed by atoms with Crippen molar-refractivity contribution >= 4 is 16.8 Å². The summed E-state index contributed by atoms with van der Waals surface area (Å²) < 4.78 is 5.89. The SMILES string of the molecule is Cc1cc(C)nc(O[C@@H]2CCN(C(=O)c3cc4ccccc4[nH]3)C2)n1. The van der Waals surface area contributed by atoms with Crippen molar-refractivity contribution in [3.8, 4) is 6.01 Å². The van der Waals surface area contributed by atoms with Crippen LogP contribution in [0.15, 0.2) is 36.4 Å². The van der Waals surface area contributed by atoms with Gasteiger partial charge in [-0.2, -0.15) is 0 Å². The van der Waals surface area contributed by atoms with Crippen LogP contribution in [0, 0.1) is 13.8 Å². The van der Waals surface area contributed by atoms with Crippen LogP contribution in [0.25, 0.3) is 10.9 Å². The molecule has 6 heteroatoms. The summed E-state index contributed by atoms with van der Waals surface area (Å²) >= 11 is 0. The number of fused-ring (bicyclic) bond motifs is 1. The van der Waals surface area contributed by atoms with E-state index in [2.05, 4.69) is 15.0 Å². The molecule has 1 fully saturated rings. The Kier molecular flexibility index (Phi) is 3.87. The van der Waals surface area contributed by atoms with Crippen LogP contribution < -0.4 is 4.74 Å². The Morgan fingerprint density at radius 1 is 1.20 bits per heavy atom. The summed E-state index contributed by atoms with van der Waals surface area (Å²) in [6, 6.07) is 12.1. The average molecular weight is 336 g/mol. The van der Waals surface area contributed by atoms with Gasteiger partial charge in [-0.05, 0) is 32.0 Å². The predicted molar refractivity (Wildman–Crippen MR) is 94.7 cm³/mol. The molecule has 3 aromatic rings. The Morgan fingerprint density at radius 3 is 2.72 bits per heavy atom. The third kappa shape index (κ3) is 3.20. The van der Waals surface area contributed by atoms with Gasteiger partial charge in [-0.15, -0.1) is 0 Å². The summed E-state index contributed by atoms with van der Waals surface area (Å²) in [5, 5.41) is 1.04. The van der Waals surface area contributed by atoms with Gasteiger partial charge in [-0.25, -0.2) is 9.97 Å². The molecule has 1 aromatic carbocycles. The van der Waals surface area contributed by atoms with Crippen molar-refractivity contribution in [2.45, 2.75) is 26.4 Å². The number of aromatic nitrogens is 3. The van der Waals surface area contributed by atoms with Crippen LogP contribution in [0.4, 0.5) is 0 Å². The number of amides is 1. The molecule has 6 nitrogen and oxygen atoms in total. The molecular formula is C19H20N4O2. The third-order valence-electron chi connectivity index (χ3n) is 4.43. The van der Waals surface area contributed by atoms with Crippen molar-refractivity contribution in [1.82, 2.24) is 19.9 Å². The van der Waals surface area contributed by atoms with E-state index in [-0.39, 0.29) is 12.0 Å². The van der Waals surface area contributed by atoms with Crippen molar-refractivity contribution in [3.63, 3.8) is 0 Å². The van der Waals surface area contributed by atoms with E-state index < -0.39 is 0 Å². The van der Waals surface area contributed by atoms with Crippen LogP contribution in [-0.4, -0.2) is 45.0 Å². The second-order valence-corrected chi connectivity index (χ2v) is 6.48. The van der Waals surface area contributed by atoms with E-state index in [0.717, 1.165) is 28.7 Å². The molecule has 1 atom stereocenters. The second-order valence-electron chi connectivity index (χ2n) is 6.48. The highest BCUT2D eigenvalue weighted by molar-refractivity contribution is 5.98. The van der Waals surface area contributed by atoms with Gasteiger partial charge in [-0.3, -0.25) is 4.79 Å². The summed E-state index contributed by atoms with van der Waals surface area (Å²) in [6.07, 6.45) is 0.706. The Labute approximate surface area is 145 Å². The van der Waals surface area contributed by atoms with Crippen molar-refractivity contribution in [3.05, 3.63) is 53.5 Å². The smallest absolute Gasteiger partial charge is 0.317 e. The third-order valence-corrected chi connectivity index (χ3v) is 4.43. The minimum atomic E-state index is -0.0745. The number of H-pyrrole nitrogens is 1. The Balaban J connectivity index is 1.45. The molecule has 128 valence electrons. The molecule has 2 aromatic heterocycles. The highest BCUT2D eigenvalue weighted by Gasteiger charge is 2.29. The van der Waals surface area contributed by atoms with Crippen molar-refractivity contribution < 1.29 is 9.53 Å². The molecule has 3 heterocycles. The van der Waals surface area contributed by atoms with Gasteiger partial charge >= 0.3 is 6.01 Å². The fourth-order valence-electron chi connectivity index (χ4n) is 3.26. The lowest BCUT2D eigenvalue weighted by Crippen LogP contribution is -2.31.